The average molecular weight is 493 g/mol. The third-order valence-electron chi connectivity index (χ3n) is 5.48. The third kappa shape index (κ3) is 6.59. The number of nitrogens with one attached hydrogen (secondary N) is 2. The van der Waals surface area contributed by atoms with E-state index in [-0.39, 0.29) is 11.9 Å². The van der Waals surface area contributed by atoms with Crippen molar-refractivity contribution in [2.24, 2.45) is 0 Å². The summed E-state index contributed by atoms with van der Waals surface area (Å²) in [5.41, 5.74) is 1.65. The first-order valence-corrected chi connectivity index (χ1v) is 11.9. The number of amides is 2. The molecule has 0 aliphatic carbocycles. The second kappa shape index (κ2) is 10.5. The third-order valence-corrected chi connectivity index (χ3v) is 5.73. The Kier molecular flexibility index (Phi) is 7.38. The monoisotopic (exact) mass is 492 g/mol. The van der Waals surface area contributed by atoms with Gasteiger partial charge in [0.2, 0.25) is 5.91 Å². The first-order valence-electron chi connectivity index (χ1n) is 11.6. The van der Waals surface area contributed by atoms with Crippen molar-refractivity contribution in [3.05, 3.63) is 71.3 Å². The van der Waals surface area contributed by atoms with E-state index >= 15 is 0 Å². The first-order chi connectivity index (χ1) is 16.7. The Morgan fingerprint density at radius 2 is 1.91 bits per heavy atom. The zero-order chi connectivity index (χ0) is 25.0. The minimum atomic E-state index is -0.604. The molecule has 3 aromatic rings. The summed E-state index contributed by atoms with van der Waals surface area (Å²) in [6.45, 7) is 7.08. The lowest BCUT2D eigenvalue weighted by molar-refractivity contribution is -0.111. The molecular formula is C27H29ClN4O3. The lowest BCUT2D eigenvalue weighted by Crippen LogP contribution is -2.45. The molecule has 2 heterocycles. The van der Waals surface area contributed by atoms with Crippen molar-refractivity contribution in [2.75, 3.05) is 23.3 Å². The van der Waals surface area contributed by atoms with Crippen molar-refractivity contribution >= 4 is 52.1 Å². The summed E-state index contributed by atoms with van der Waals surface area (Å²) in [5, 5.41) is 7.66. The second-order valence-corrected chi connectivity index (χ2v) is 9.88. The molecule has 1 saturated heterocycles. The van der Waals surface area contributed by atoms with E-state index in [2.05, 4.69) is 10.6 Å². The van der Waals surface area contributed by atoms with Crippen LogP contribution in [0.5, 0.6) is 0 Å². The van der Waals surface area contributed by atoms with Gasteiger partial charge in [-0.3, -0.25) is 9.69 Å². The Hall–Kier alpha value is -3.42. The van der Waals surface area contributed by atoms with Crippen LogP contribution in [0.25, 0.3) is 17.0 Å². The molecule has 182 valence electrons. The number of benzene rings is 2. The number of ether oxygens (including phenoxy) is 1. The number of aromatic nitrogens is 1. The van der Waals surface area contributed by atoms with Crippen molar-refractivity contribution in [1.82, 2.24) is 10.3 Å². The molecule has 1 atom stereocenters. The fourth-order valence-corrected chi connectivity index (χ4v) is 3.98. The van der Waals surface area contributed by atoms with Crippen LogP contribution in [0.2, 0.25) is 5.02 Å². The summed E-state index contributed by atoms with van der Waals surface area (Å²) in [6.07, 6.45) is 3.62. The van der Waals surface area contributed by atoms with Crippen molar-refractivity contribution in [3.63, 3.8) is 0 Å². The molecular weight excluding hydrogens is 464 g/mol. The number of pyridine rings is 1. The molecule has 2 amide bonds. The van der Waals surface area contributed by atoms with E-state index in [0.717, 1.165) is 29.4 Å². The van der Waals surface area contributed by atoms with Gasteiger partial charge in [0.25, 0.3) is 0 Å². The van der Waals surface area contributed by atoms with E-state index in [1.807, 2.05) is 57.2 Å². The minimum absolute atomic E-state index is 0.0270. The molecule has 4 rings (SSSR count). The highest BCUT2D eigenvalue weighted by atomic mass is 35.5. The fraction of sp³-hybridized carbons (Fsp3) is 0.296. The molecule has 1 aromatic heterocycles. The number of hydrogen-bond acceptors (Lipinski definition) is 5. The van der Waals surface area contributed by atoms with Crippen LogP contribution in [0.4, 0.5) is 16.3 Å². The number of halogens is 1. The van der Waals surface area contributed by atoms with Gasteiger partial charge in [0.15, 0.2) is 0 Å². The van der Waals surface area contributed by atoms with E-state index in [1.54, 1.807) is 29.2 Å². The molecule has 1 unspecified atom stereocenters. The highest BCUT2D eigenvalue weighted by Gasteiger charge is 2.32. The normalized spacial score (nSPS) is 15.9. The van der Waals surface area contributed by atoms with Gasteiger partial charge >= 0.3 is 6.09 Å². The largest absolute Gasteiger partial charge is 0.443 e. The molecule has 0 saturated carbocycles. The molecule has 2 N–H and O–H groups in total. The fourth-order valence-electron chi connectivity index (χ4n) is 3.86. The Bertz CT molecular complexity index is 1250. The van der Waals surface area contributed by atoms with Crippen LogP contribution in [0, 0.1) is 0 Å². The van der Waals surface area contributed by atoms with Crippen molar-refractivity contribution < 1.29 is 14.3 Å². The van der Waals surface area contributed by atoms with Crippen LogP contribution < -0.4 is 15.5 Å². The summed E-state index contributed by atoms with van der Waals surface area (Å²) in [5.74, 6) is 0.303. The SMILES string of the molecule is CC(C)(C)OC(=O)N(c1ccc2cc(NC(=O)/C=C/c3ccc(Cl)cc3)ccc2n1)C1CCNC1. The number of anilines is 2. The molecule has 1 aliphatic rings. The Morgan fingerprint density at radius 1 is 1.14 bits per heavy atom. The van der Waals surface area contributed by atoms with E-state index in [4.69, 9.17) is 21.3 Å². The van der Waals surface area contributed by atoms with Gasteiger partial charge in [0.1, 0.15) is 11.4 Å². The van der Waals surface area contributed by atoms with E-state index in [1.165, 1.54) is 6.08 Å². The lowest BCUT2D eigenvalue weighted by Gasteiger charge is -2.30. The first kappa shape index (κ1) is 24.7. The van der Waals surface area contributed by atoms with Gasteiger partial charge in [-0.15, -0.1) is 0 Å². The molecule has 0 radical (unpaired) electrons. The van der Waals surface area contributed by atoms with Gasteiger partial charge in [0, 0.05) is 28.7 Å². The lowest BCUT2D eigenvalue weighted by atomic mass is 10.1. The summed E-state index contributed by atoms with van der Waals surface area (Å²) >= 11 is 5.89. The van der Waals surface area contributed by atoms with Crippen LogP contribution in [-0.2, 0) is 9.53 Å². The zero-order valence-corrected chi connectivity index (χ0v) is 20.8. The van der Waals surface area contributed by atoms with Crippen LogP contribution >= 0.6 is 11.6 Å². The second-order valence-electron chi connectivity index (χ2n) is 9.45. The topological polar surface area (TPSA) is 83.6 Å². The van der Waals surface area contributed by atoms with Crippen molar-refractivity contribution in [1.29, 1.82) is 0 Å². The molecule has 8 heteroatoms. The van der Waals surface area contributed by atoms with Gasteiger partial charge in [0.05, 0.1) is 11.6 Å². The zero-order valence-electron chi connectivity index (χ0n) is 20.0. The summed E-state index contributed by atoms with van der Waals surface area (Å²) in [7, 11) is 0. The number of rotatable bonds is 5. The summed E-state index contributed by atoms with van der Waals surface area (Å²) < 4.78 is 5.66. The maximum atomic E-state index is 13.0. The summed E-state index contributed by atoms with van der Waals surface area (Å²) in [4.78, 5) is 31.8. The number of hydrogen-bond donors (Lipinski definition) is 2. The Balaban J connectivity index is 1.51. The number of carbonyl (C=O) groups excluding carboxylic acids is 2. The predicted molar refractivity (Wildman–Crippen MR) is 141 cm³/mol. The highest BCUT2D eigenvalue weighted by molar-refractivity contribution is 6.30. The highest BCUT2D eigenvalue weighted by Crippen LogP contribution is 2.26. The van der Waals surface area contributed by atoms with Gasteiger partial charge in [-0.05, 0) is 87.8 Å². The van der Waals surface area contributed by atoms with E-state index in [0.29, 0.717) is 23.1 Å². The van der Waals surface area contributed by atoms with Crippen LogP contribution in [0.15, 0.2) is 60.7 Å². The van der Waals surface area contributed by atoms with Gasteiger partial charge < -0.3 is 15.4 Å². The van der Waals surface area contributed by atoms with Crippen LogP contribution in [0.1, 0.15) is 32.8 Å². The van der Waals surface area contributed by atoms with Crippen molar-refractivity contribution in [2.45, 2.75) is 38.8 Å². The quantitative estimate of drug-likeness (QED) is 0.450. The Morgan fingerprint density at radius 3 is 2.60 bits per heavy atom. The standard InChI is InChI=1S/C27H29ClN4O3/c1-27(2,3)35-26(34)32(22-14-15-29-17-22)24-12-7-19-16-21(10-11-23(19)31-24)30-25(33)13-6-18-4-8-20(28)9-5-18/h4-13,16,22,29H,14-15,17H2,1-3H3,(H,30,33)/b13-6+. The van der Waals surface area contributed by atoms with Gasteiger partial charge in [-0.2, -0.15) is 0 Å². The molecule has 1 fully saturated rings. The maximum Gasteiger partial charge on any atom is 0.416 e. The number of carbonyl (C=O) groups is 2. The van der Waals surface area contributed by atoms with Gasteiger partial charge in [-0.25, -0.2) is 9.78 Å². The van der Waals surface area contributed by atoms with Crippen LogP contribution in [-0.4, -0.2) is 41.7 Å². The predicted octanol–water partition coefficient (Wildman–Crippen LogP) is 5.64. The average Bonchev–Trinajstić information content (AvgIpc) is 3.32. The van der Waals surface area contributed by atoms with Crippen LogP contribution in [0.3, 0.4) is 0 Å². The van der Waals surface area contributed by atoms with Crippen molar-refractivity contribution in [3.8, 4) is 0 Å². The van der Waals surface area contributed by atoms with E-state index in [9.17, 15) is 9.59 Å². The maximum absolute atomic E-state index is 13.0. The molecule has 1 aliphatic heterocycles. The molecule has 0 spiro atoms. The van der Waals surface area contributed by atoms with Gasteiger partial charge in [-0.1, -0.05) is 23.7 Å². The minimum Gasteiger partial charge on any atom is -0.443 e. The molecule has 35 heavy (non-hydrogen) atoms. The Labute approximate surface area is 210 Å². The molecule has 2 aromatic carbocycles. The smallest absolute Gasteiger partial charge is 0.416 e. The van der Waals surface area contributed by atoms with E-state index < -0.39 is 11.7 Å². The number of nitrogens with zero attached hydrogens (tertiary/aromatic N) is 2. The number of fused-ring (bicyclic) bond motifs is 1. The molecule has 0 bridgehead atoms. The molecule has 7 nitrogen and oxygen atoms in total. The summed E-state index contributed by atoms with van der Waals surface area (Å²) in [6, 6.07) is 16.4.